The van der Waals surface area contributed by atoms with Crippen LogP contribution in [0.4, 0.5) is 0 Å². The first kappa shape index (κ1) is 20.0. The maximum Gasteiger partial charge on any atom is 0.266 e. The summed E-state index contributed by atoms with van der Waals surface area (Å²) in [5.74, 6) is -0.799. The summed E-state index contributed by atoms with van der Waals surface area (Å²) < 4.78 is 1.54. The van der Waals surface area contributed by atoms with E-state index in [0.29, 0.717) is 48.6 Å². The molecule has 0 saturated carbocycles. The topological polar surface area (TPSA) is 98.3 Å². The second kappa shape index (κ2) is 8.23. The number of amides is 2. The largest absolute Gasteiger partial charge is 0.365 e. The maximum atomic E-state index is 12.9. The third kappa shape index (κ3) is 3.78. The maximum absolute atomic E-state index is 12.9. The molecule has 30 heavy (non-hydrogen) atoms. The lowest BCUT2D eigenvalue weighted by Gasteiger charge is -2.30. The average Bonchev–Trinajstić information content (AvgIpc) is 3.17. The van der Waals surface area contributed by atoms with Crippen LogP contribution in [-0.2, 0) is 25.9 Å². The van der Waals surface area contributed by atoms with Gasteiger partial charge in [-0.15, -0.1) is 11.3 Å². The van der Waals surface area contributed by atoms with Gasteiger partial charge in [-0.05, 0) is 36.5 Å². The number of nitrogens with zero attached hydrogens (tertiary/aromatic N) is 3. The van der Waals surface area contributed by atoms with Crippen molar-refractivity contribution in [3.05, 3.63) is 85.2 Å². The minimum absolute atomic E-state index is 0.0432. The van der Waals surface area contributed by atoms with Crippen molar-refractivity contribution < 1.29 is 9.59 Å². The Kier molecular flexibility index (Phi) is 5.50. The van der Waals surface area contributed by atoms with Crippen molar-refractivity contribution in [2.24, 2.45) is 5.73 Å². The number of thiazole rings is 1. The first-order valence-electron chi connectivity index (χ1n) is 9.74. The van der Waals surface area contributed by atoms with Gasteiger partial charge in [-0.25, -0.2) is 4.98 Å². The number of carbonyl (C=O) groups excluding carboxylic acids is 2. The normalized spacial score (nSPS) is 13.2. The van der Waals surface area contributed by atoms with Gasteiger partial charge in [-0.3, -0.25) is 14.4 Å². The monoisotopic (exact) mass is 422 g/mol. The van der Waals surface area contributed by atoms with E-state index in [2.05, 4.69) is 4.98 Å². The zero-order chi connectivity index (χ0) is 21.3. The number of pyridine rings is 1. The van der Waals surface area contributed by atoms with Gasteiger partial charge in [0.15, 0.2) is 0 Å². The van der Waals surface area contributed by atoms with Crippen LogP contribution in [0.3, 0.4) is 0 Å². The van der Waals surface area contributed by atoms with Crippen molar-refractivity contribution in [1.29, 1.82) is 0 Å². The van der Waals surface area contributed by atoms with Gasteiger partial charge in [0, 0.05) is 25.8 Å². The molecule has 0 unspecified atom stereocenters. The van der Waals surface area contributed by atoms with Gasteiger partial charge < -0.3 is 15.2 Å². The number of rotatable bonds is 5. The molecule has 0 fully saturated rings. The Morgan fingerprint density at radius 2 is 2.00 bits per heavy atom. The Morgan fingerprint density at radius 3 is 2.67 bits per heavy atom. The van der Waals surface area contributed by atoms with Crippen LogP contribution in [-0.4, -0.2) is 32.8 Å². The van der Waals surface area contributed by atoms with Gasteiger partial charge in [-0.1, -0.05) is 30.3 Å². The molecule has 0 atom stereocenters. The molecule has 1 aromatic carbocycles. The minimum atomic E-state index is -0.719. The van der Waals surface area contributed by atoms with Crippen LogP contribution in [0.25, 0.3) is 0 Å². The molecule has 2 N–H and O–H groups in total. The van der Waals surface area contributed by atoms with Crippen LogP contribution in [0.1, 0.15) is 42.4 Å². The van der Waals surface area contributed by atoms with Gasteiger partial charge in [0.25, 0.3) is 17.4 Å². The molecule has 154 valence electrons. The van der Waals surface area contributed by atoms with Crippen molar-refractivity contribution >= 4 is 23.2 Å². The first-order chi connectivity index (χ1) is 14.5. The molecule has 4 rings (SSSR count). The zero-order valence-electron chi connectivity index (χ0n) is 16.6. The fourth-order valence-electron chi connectivity index (χ4n) is 3.85. The number of hydrogen-bond donors (Lipinski definition) is 1. The molecule has 0 saturated heterocycles. The highest BCUT2D eigenvalue weighted by molar-refractivity contribution is 7.11. The van der Waals surface area contributed by atoms with Crippen molar-refractivity contribution in [2.75, 3.05) is 6.54 Å². The molecular formula is C22H22N4O3S. The quantitative estimate of drug-likeness (QED) is 0.681. The fraction of sp³-hybridized carbons (Fsp3) is 0.273. The van der Waals surface area contributed by atoms with Crippen molar-refractivity contribution in [1.82, 2.24) is 14.5 Å². The highest BCUT2D eigenvalue weighted by Crippen LogP contribution is 2.24. The van der Waals surface area contributed by atoms with Gasteiger partial charge in [0.05, 0.1) is 11.2 Å². The molecule has 3 heterocycles. The summed E-state index contributed by atoms with van der Waals surface area (Å²) in [5.41, 5.74) is 10.2. The van der Waals surface area contributed by atoms with E-state index < -0.39 is 5.91 Å². The van der Waals surface area contributed by atoms with Crippen molar-refractivity contribution in [3.8, 4) is 0 Å². The van der Waals surface area contributed by atoms with Crippen molar-refractivity contribution in [2.45, 2.75) is 32.9 Å². The third-order valence-electron chi connectivity index (χ3n) is 5.43. The summed E-state index contributed by atoms with van der Waals surface area (Å²) >= 11 is 1.32. The molecule has 1 aliphatic rings. The molecular weight excluding hydrogens is 400 g/mol. The highest BCUT2D eigenvalue weighted by Gasteiger charge is 2.28. The van der Waals surface area contributed by atoms with Crippen LogP contribution in [0.2, 0.25) is 0 Å². The standard InChI is InChI=1S/C22H22N4O3S/c1-14-19(30-13-24-14)22(29)26-10-8-17-16(12-26)11-25(21(28)18(17)20(23)27)9-7-15-5-3-2-4-6-15/h2-6,11,13H,7-10,12H2,1H3,(H2,23,27). The number of primary amides is 1. The van der Waals surface area contributed by atoms with E-state index in [-0.39, 0.29) is 17.0 Å². The number of aromatic nitrogens is 2. The Morgan fingerprint density at radius 1 is 1.23 bits per heavy atom. The molecule has 0 bridgehead atoms. The number of fused-ring (bicyclic) bond motifs is 1. The van der Waals surface area contributed by atoms with Gasteiger partial charge >= 0.3 is 0 Å². The lowest BCUT2D eigenvalue weighted by Crippen LogP contribution is -2.40. The lowest BCUT2D eigenvalue weighted by atomic mass is 9.96. The Bertz CT molecular complexity index is 1170. The third-order valence-corrected chi connectivity index (χ3v) is 6.34. The molecule has 2 amide bonds. The van der Waals surface area contributed by atoms with Crippen LogP contribution in [0, 0.1) is 6.92 Å². The smallest absolute Gasteiger partial charge is 0.266 e. The lowest BCUT2D eigenvalue weighted by molar-refractivity contribution is 0.0738. The van der Waals surface area contributed by atoms with Gasteiger partial charge in [0.2, 0.25) is 0 Å². The SMILES string of the molecule is Cc1ncsc1C(=O)N1CCc2c(cn(CCc3ccccc3)c(=O)c2C(N)=O)C1. The average molecular weight is 423 g/mol. The molecule has 0 spiro atoms. The van der Waals surface area contributed by atoms with E-state index >= 15 is 0 Å². The van der Waals surface area contributed by atoms with E-state index in [0.717, 1.165) is 11.1 Å². The van der Waals surface area contributed by atoms with Crippen LogP contribution in [0.5, 0.6) is 0 Å². The zero-order valence-corrected chi connectivity index (χ0v) is 17.4. The summed E-state index contributed by atoms with van der Waals surface area (Å²) in [6.45, 7) is 3.00. The molecule has 2 aromatic heterocycles. The Hall–Kier alpha value is -3.26. The van der Waals surface area contributed by atoms with E-state index in [1.54, 1.807) is 16.6 Å². The van der Waals surface area contributed by atoms with Crippen LogP contribution < -0.4 is 11.3 Å². The van der Waals surface area contributed by atoms with E-state index in [4.69, 9.17) is 5.73 Å². The first-order valence-corrected chi connectivity index (χ1v) is 10.6. The summed E-state index contributed by atoms with van der Waals surface area (Å²) in [4.78, 5) is 44.4. The fourth-order valence-corrected chi connectivity index (χ4v) is 4.62. The molecule has 1 aliphatic heterocycles. The second-order valence-corrected chi connectivity index (χ2v) is 8.20. The summed E-state index contributed by atoms with van der Waals surface area (Å²) in [6, 6.07) is 9.83. The Labute approximate surface area is 177 Å². The highest BCUT2D eigenvalue weighted by atomic mass is 32.1. The van der Waals surface area contributed by atoms with Crippen LogP contribution in [0.15, 0.2) is 46.8 Å². The minimum Gasteiger partial charge on any atom is -0.365 e. The number of hydrogen-bond acceptors (Lipinski definition) is 5. The van der Waals surface area contributed by atoms with Gasteiger partial charge in [-0.2, -0.15) is 0 Å². The van der Waals surface area contributed by atoms with E-state index in [9.17, 15) is 14.4 Å². The number of nitrogens with two attached hydrogens (primary N) is 1. The number of carbonyl (C=O) groups is 2. The predicted molar refractivity (Wildman–Crippen MR) is 115 cm³/mol. The summed E-state index contributed by atoms with van der Waals surface area (Å²) in [6.07, 6.45) is 2.85. The van der Waals surface area contributed by atoms with Gasteiger partial charge in [0.1, 0.15) is 10.4 Å². The summed E-state index contributed by atoms with van der Waals surface area (Å²) in [7, 11) is 0. The van der Waals surface area contributed by atoms with Crippen molar-refractivity contribution in [3.63, 3.8) is 0 Å². The number of benzene rings is 1. The van der Waals surface area contributed by atoms with Crippen LogP contribution >= 0.6 is 11.3 Å². The molecule has 3 aromatic rings. The summed E-state index contributed by atoms with van der Waals surface area (Å²) in [5, 5.41) is 0. The molecule has 8 heteroatoms. The number of aryl methyl sites for hydroxylation is 3. The second-order valence-electron chi connectivity index (χ2n) is 7.35. The van der Waals surface area contributed by atoms with E-state index in [1.165, 1.54) is 15.9 Å². The molecule has 7 nitrogen and oxygen atoms in total. The van der Waals surface area contributed by atoms with E-state index in [1.807, 2.05) is 37.3 Å². The predicted octanol–water partition coefficient (Wildman–Crippen LogP) is 2.15. The molecule has 0 radical (unpaired) electrons. The Balaban J connectivity index is 1.66. The molecule has 0 aliphatic carbocycles.